The van der Waals surface area contributed by atoms with Gasteiger partial charge in [0.05, 0.1) is 30.5 Å². The minimum atomic E-state index is -1.08. The number of aliphatic hydroxyl groups excluding tert-OH is 1. The molecule has 1 spiro atoms. The Morgan fingerprint density at radius 3 is 3.00 bits per heavy atom. The van der Waals surface area contributed by atoms with Crippen LogP contribution in [-0.4, -0.2) is 54.5 Å². The molecule has 1 aromatic carbocycles. The fourth-order valence-corrected chi connectivity index (χ4v) is 6.24. The summed E-state index contributed by atoms with van der Waals surface area (Å²) in [7, 11) is 1.42. The van der Waals surface area contributed by atoms with Gasteiger partial charge in [0, 0.05) is 25.0 Å². The molecule has 0 unspecified atom stereocenters. The molecule has 3 aliphatic heterocycles. The van der Waals surface area contributed by atoms with Crippen molar-refractivity contribution in [3.8, 4) is 0 Å². The second-order valence-electron chi connectivity index (χ2n) is 7.96. The van der Waals surface area contributed by atoms with E-state index in [-0.39, 0.29) is 23.9 Å². The summed E-state index contributed by atoms with van der Waals surface area (Å²) in [5.74, 6) is -0.403. The van der Waals surface area contributed by atoms with E-state index in [1.54, 1.807) is 0 Å². The first-order chi connectivity index (χ1) is 12.6. The number of fused-ring (bicyclic) bond motifs is 2. The molecule has 2 saturated heterocycles. The number of ether oxygens (including phenoxy) is 1. The summed E-state index contributed by atoms with van der Waals surface area (Å²) in [6.45, 7) is 3.62. The van der Waals surface area contributed by atoms with E-state index in [1.807, 2.05) is 19.1 Å². The number of hydrogen-bond acceptors (Lipinski definition) is 5. The van der Waals surface area contributed by atoms with Gasteiger partial charge < -0.3 is 9.84 Å². The molecule has 26 heavy (non-hydrogen) atoms. The number of aliphatic hydroxyl groups is 1. The molecule has 5 heteroatoms. The van der Waals surface area contributed by atoms with Crippen molar-refractivity contribution < 1.29 is 14.6 Å². The zero-order valence-electron chi connectivity index (χ0n) is 15.2. The van der Waals surface area contributed by atoms with E-state index in [4.69, 9.17) is 9.73 Å². The van der Waals surface area contributed by atoms with Gasteiger partial charge in [-0.2, -0.15) is 0 Å². The van der Waals surface area contributed by atoms with Crippen molar-refractivity contribution in [2.24, 2.45) is 16.3 Å². The van der Waals surface area contributed by atoms with E-state index < -0.39 is 5.41 Å². The Labute approximate surface area is 153 Å². The number of esters is 1. The highest BCUT2D eigenvalue weighted by molar-refractivity contribution is 6.17. The minimum absolute atomic E-state index is 0.0505. The SMILES string of the molecule is C/C=C1/CN2CC[C@@]34C(=Nc5ccccc53)[C@@](CO)(C(=O)OC)[C@@H]1C[C@H]24. The van der Waals surface area contributed by atoms with Crippen LogP contribution in [0.4, 0.5) is 5.69 Å². The lowest BCUT2D eigenvalue weighted by Gasteiger charge is -2.56. The predicted octanol–water partition coefficient (Wildman–Crippen LogP) is 2.22. The van der Waals surface area contributed by atoms with Gasteiger partial charge in [0.1, 0.15) is 5.41 Å². The monoisotopic (exact) mass is 352 g/mol. The van der Waals surface area contributed by atoms with Crippen molar-refractivity contribution in [3.63, 3.8) is 0 Å². The Morgan fingerprint density at radius 2 is 2.27 bits per heavy atom. The third kappa shape index (κ3) is 1.60. The number of hydrogen-bond donors (Lipinski definition) is 1. The van der Waals surface area contributed by atoms with Gasteiger partial charge in [-0.15, -0.1) is 0 Å². The maximum absolute atomic E-state index is 13.1. The summed E-state index contributed by atoms with van der Waals surface area (Å²) in [4.78, 5) is 20.7. The smallest absolute Gasteiger partial charge is 0.320 e. The van der Waals surface area contributed by atoms with Crippen LogP contribution in [0.25, 0.3) is 0 Å². The number of carbonyl (C=O) groups is 1. The summed E-state index contributed by atoms with van der Waals surface area (Å²) in [5.41, 5.74) is 2.86. The standard InChI is InChI=1S/C21H24N2O3/c1-3-13-11-23-9-8-20-14-6-4-5-7-16(14)22-18(20)21(12-24,19(25)26-2)15(13)10-17(20)23/h3-7,15,17,24H,8-12H2,1-2H3/b13-3-/t15-,17+,20-,21+/m1/s1. The molecule has 3 heterocycles. The topological polar surface area (TPSA) is 62.1 Å². The molecular weight excluding hydrogens is 328 g/mol. The quantitative estimate of drug-likeness (QED) is 0.655. The maximum Gasteiger partial charge on any atom is 0.320 e. The summed E-state index contributed by atoms with van der Waals surface area (Å²) in [6.07, 6.45) is 3.92. The first kappa shape index (κ1) is 16.2. The van der Waals surface area contributed by atoms with Gasteiger partial charge >= 0.3 is 5.97 Å². The van der Waals surface area contributed by atoms with E-state index >= 15 is 0 Å². The molecule has 1 aliphatic carbocycles. The Kier molecular flexibility index (Phi) is 3.29. The number of methoxy groups -OCH3 is 1. The summed E-state index contributed by atoms with van der Waals surface area (Å²) in [6, 6.07) is 8.56. The Hall–Kier alpha value is -1.98. The molecule has 0 amide bonds. The minimum Gasteiger partial charge on any atom is -0.468 e. The third-order valence-electron chi connectivity index (χ3n) is 7.32. The van der Waals surface area contributed by atoms with Crippen molar-refractivity contribution in [1.29, 1.82) is 0 Å². The number of rotatable bonds is 2. The van der Waals surface area contributed by atoms with Gasteiger partial charge in [0.2, 0.25) is 0 Å². The van der Waals surface area contributed by atoms with Crippen molar-refractivity contribution in [2.45, 2.75) is 31.2 Å². The van der Waals surface area contributed by atoms with E-state index in [2.05, 4.69) is 23.1 Å². The molecule has 2 bridgehead atoms. The average Bonchev–Trinajstić information content (AvgIpc) is 3.24. The Morgan fingerprint density at radius 1 is 1.46 bits per heavy atom. The number of aliphatic imine (C=N–C) groups is 1. The number of nitrogens with zero attached hydrogens (tertiary/aromatic N) is 2. The van der Waals surface area contributed by atoms with E-state index in [9.17, 15) is 9.90 Å². The van der Waals surface area contributed by atoms with Crippen LogP contribution >= 0.6 is 0 Å². The first-order valence-corrected chi connectivity index (χ1v) is 9.41. The van der Waals surface area contributed by atoms with Crippen molar-refractivity contribution in [2.75, 3.05) is 26.8 Å². The van der Waals surface area contributed by atoms with Crippen LogP contribution in [0, 0.1) is 11.3 Å². The second-order valence-corrected chi connectivity index (χ2v) is 7.96. The van der Waals surface area contributed by atoms with E-state index in [0.29, 0.717) is 6.04 Å². The van der Waals surface area contributed by atoms with Gasteiger partial charge in [-0.05, 0) is 31.4 Å². The molecule has 5 nitrogen and oxygen atoms in total. The highest BCUT2D eigenvalue weighted by atomic mass is 16.5. The summed E-state index contributed by atoms with van der Waals surface area (Å²) in [5, 5.41) is 10.6. The van der Waals surface area contributed by atoms with E-state index in [1.165, 1.54) is 18.2 Å². The third-order valence-corrected chi connectivity index (χ3v) is 7.32. The molecule has 0 aromatic heterocycles. The molecule has 0 radical (unpaired) electrons. The second kappa shape index (κ2) is 5.27. The van der Waals surface area contributed by atoms with Crippen LogP contribution in [0.5, 0.6) is 0 Å². The number of benzene rings is 1. The highest BCUT2D eigenvalue weighted by Crippen LogP contribution is 2.63. The molecule has 3 fully saturated rings. The van der Waals surface area contributed by atoms with Crippen LogP contribution < -0.4 is 0 Å². The fraction of sp³-hybridized carbons (Fsp3) is 0.524. The molecule has 1 aromatic rings. The van der Waals surface area contributed by atoms with Gasteiger partial charge in [-0.1, -0.05) is 29.8 Å². The van der Waals surface area contributed by atoms with Crippen LogP contribution in [-0.2, 0) is 14.9 Å². The molecule has 1 saturated carbocycles. The number of piperidine rings is 1. The lowest BCUT2D eigenvalue weighted by atomic mass is 9.50. The summed E-state index contributed by atoms with van der Waals surface area (Å²) < 4.78 is 5.26. The van der Waals surface area contributed by atoms with Crippen LogP contribution in [0.2, 0.25) is 0 Å². The van der Waals surface area contributed by atoms with E-state index in [0.717, 1.165) is 37.3 Å². The zero-order valence-corrected chi connectivity index (χ0v) is 15.2. The lowest BCUT2D eigenvalue weighted by Crippen LogP contribution is -2.67. The molecule has 1 N–H and O–H groups in total. The van der Waals surface area contributed by atoms with Gasteiger partial charge in [0.25, 0.3) is 0 Å². The van der Waals surface area contributed by atoms with Crippen molar-refractivity contribution in [3.05, 3.63) is 41.5 Å². The van der Waals surface area contributed by atoms with Crippen LogP contribution in [0.15, 0.2) is 40.9 Å². The average molecular weight is 352 g/mol. The highest BCUT2D eigenvalue weighted by Gasteiger charge is 2.70. The number of allylic oxidation sites excluding steroid dienone is 1. The predicted molar refractivity (Wildman–Crippen MR) is 98.6 cm³/mol. The first-order valence-electron chi connectivity index (χ1n) is 9.41. The molecular formula is C21H24N2O3. The lowest BCUT2D eigenvalue weighted by molar-refractivity contribution is -0.155. The van der Waals surface area contributed by atoms with Gasteiger partial charge in [0.15, 0.2) is 0 Å². The summed E-state index contributed by atoms with van der Waals surface area (Å²) >= 11 is 0. The van der Waals surface area contributed by atoms with Crippen LogP contribution in [0.3, 0.4) is 0 Å². The van der Waals surface area contributed by atoms with Crippen LogP contribution in [0.1, 0.15) is 25.3 Å². The van der Waals surface area contributed by atoms with Gasteiger partial charge in [-0.3, -0.25) is 14.7 Å². The largest absolute Gasteiger partial charge is 0.468 e. The Bertz CT molecular complexity index is 861. The molecule has 4 atom stereocenters. The Balaban J connectivity index is 1.83. The van der Waals surface area contributed by atoms with Crippen molar-refractivity contribution in [1.82, 2.24) is 4.90 Å². The fourth-order valence-electron chi connectivity index (χ4n) is 6.24. The normalized spacial score (nSPS) is 38.7. The number of para-hydroxylation sites is 1. The van der Waals surface area contributed by atoms with Gasteiger partial charge in [-0.25, -0.2) is 0 Å². The molecule has 4 aliphatic rings. The number of carbonyl (C=O) groups excluding carboxylic acids is 1. The maximum atomic E-state index is 13.1. The molecule has 5 rings (SSSR count). The zero-order chi connectivity index (χ0) is 18.1. The molecule has 136 valence electrons. The van der Waals surface area contributed by atoms with Crippen molar-refractivity contribution >= 4 is 17.4 Å².